The number of aromatic nitrogens is 2. The van der Waals surface area contributed by atoms with Crippen molar-refractivity contribution in [2.24, 2.45) is 13.0 Å². The number of ether oxygens (including phenoxy) is 3. The first kappa shape index (κ1) is 32.6. The number of carbonyl (C=O) groups excluding carboxylic acids is 1. The molecule has 1 saturated heterocycles. The van der Waals surface area contributed by atoms with Crippen LogP contribution in [0.4, 0.5) is 0 Å². The summed E-state index contributed by atoms with van der Waals surface area (Å²) in [6.45, 7) is 5.35. The van der Waals surface area contributed by atoms with Gasteiger partial charge in [0, 0.05) is 57.5 Å². The normalized spacial score (nSPS) is 20.0. The van der Waals surface area contributed by atoms with Gasteiger partial charge in [0.25, 0.3) is 0 Å². The number of hydrogen-bond acceptors (Lipinski definition) is 7. The number of imidazole rings is 1. The molecular formula is C32H50N5O6+. The van der Waals surface area contributed by atoms with Crippen molar-refractivity contribution in [3.05, 3.63) is 35.9 Å². The third kappa shape index (κ3) is 8.20. The van der Waals surface area contributed by atoms with E-state index in [9.17, 15) is 14.7 Å². The SMILES string of the molecule is CCCCN(CCCC[N+](C)(C)C)C(=O)CN1C[C@H](c2cc(OC)c3c(c2)OCO3)C(C(=O)O)[C@@H]1CCc1nccn1C. The number of aryl methyl sites for hydroxylation is 2. The first-order valence-electron chi connectivity index (χ1n) is 15.5. The Balaban J connectivity index is 1.59. The molecule has 1 N–H and O–H groups in total. The minimum Gasteiger partial charge on any atom is -0.493 e. The molecule has 3 heterocycles. The van der Waals surface area contributed by atoms with Gasteiger partial charge in [0.2, 0.25) is 18.4 Å². The van der Waals surface area contributed by atoms with E-state index in [1.165, 1.54) is 0 Å². The molecule has 3 atom stereocenters. The molecule has 238 valence electrons. The van der Waals surface area contributed by atoms with E-state index in [1.54, 1.807) is 13.3 Å². The molecule has 0 aliphatic carbocycles. The Bertz CT molecular complexity index is 1240. The van der Waals surface area contributed by atoms with Gasteiger partial charge in [-0.2, -0.15) is 0 Å². The predicted octanol–water partition coefficient (Wildman–Crippen LogP) is 3.37. The van der Waals surface area contributed by atoms with Crippen LogP contribution in [0.2, 0.25) is 0 Å². The predicted molar refractivity (Wildman–Crippen MR) is 163 cm³/mol. The number of rotatable bonds is 16. The number of benzene rings is 1. The monoisotopic (exact) mass is 600 g/mol. The lowest BCUT2D eigenvalue weighted by molar-refractivity contribution is -0.870. The second-order valence-electron chi connectivity index (χ2n) is 12.9. The Morgan fingerprint density at radius 3 is 2.58 bits per heavy atom. The van der Waals surface area contributed by atoms with Crippen LogP contribution in [0.5, 0.6) is 17.2 Å². The number of carboxylic acids is 1. The van der Waals surface area contributed by atoms with E-state index in [2.05, 4.69) is 38.0 Å². The van der Waals surface area contributed by atoms with Crippen molar-refractivity contribution < 1.29 is 33.4 Å². The summed E-state index contributed by atoms with van der Waals surface area (Å²) in [5, 5.41) is 10.6. The maximum Gasteiger partial charge on any atom is 0.308 e. The summed E-state index contributed by atoms with van der Waals surface area (Å²) in [5.41, 5.74) is 0.814. The van der Waals surface area contributed by atoms with Crippen molar-refractivity contribution in [2.75, 3.05) is 67.8 Å². The number of fused-ring (bicyclic) bond motifs is 1. The van der Waals surface area contributed by atoms with Crippen LogP contribution < -0.4 is 14.2 Å². The number of aliphatic carboxylic acids is 1. The number of carbonyl (C=O) groups is 2. The first-order chi connectivity index (χ1) is 20.5. The van der Waals surface area contributed by atoms with E-state index in [4.69, 9.17) is 14.2 Å². The summed E-state index contributed by atoms with van der Waals surface area (Å²) in [4.78, 5) is 35.4. The first-order valence-corrected chi connectivity index (χ1v) is 15.5. The van der Waals surface area contributed by atoms with E-state index < -0.39 is 11.9 Å². The minimum absolute atomic E-state index is 0.0637. The lowest BCUT2D eigenvalue weighted by Crippen LogP contribution is -2.45. The third-order valence-electron chi connectivity index (χ3n) is 8.71. The summed E-state index contributed by atoms with van der Waals surface area (Å²) < 4.78 is 19.7. The van der Waals surface area contributed by atoms with Crippen LogP contribution in [-0.2, 0) is 23.1 Å². The van der Waals surface area contributed by atoms with Crippen LogP contribution in [0.15, 0.2) is 24.5 Å². The zero-order valence-electron chi connectivity index (χ0n) is 26.8. The van der Waals surface area contributed by atoms with Gasteiger partial charge in [-0.25, -0.2) is 4.98 Å². The van der Waals surface area contributed by atoms with Crippen LogP contribution >= 0.6 is 0 Å². The van der Waals surface area contributed by atoms with Gasteiger partial charge in [0.05, 0.1) is 47.3 Å². The minimum atomic E-state index is -0.871. The molecule has 2 aliphatic heterocycles. The number of likely N-dealkylation sites (tertiary alicyclic amines) is 1. The van der Waals surface area contributed by atoms with E-state index in [-0.39, 0.29) is 31.2 Å². The highest BCUT2D eigenvalue weighted by atomic mass is 16.7. The highest BCUT2D eigenvalue weighted by Crippen LogP contribution is 2.47. The zero-order valence-corrected chi connectivity index (χ0v) is 26.8. The highest BCUT2D eigenvalue weighted by Gasteiger charge is 2.47. The molecule has 11 heteroatoms. The summed E-state index contributed by atoms with van der Waals surface area (Å²) >= 11 is 0. The molecule has 1 amide bonds. The van der Waals surface area contributed by atoms with E-state index in [0.29, 0.717) is 36.6 Å². The van der Waals surface area contributed by atoms with Crippen LogP contribution in [0.25, 0.3) is 0 Å². The second kappa shape index (κ2) is 14.4. The Hall–Kier alpha value is -3.31. The number of methoxy groups -OCH3 is 1. The Labute approximate surface area is 255 Å². The third-order valence-corrected chi connectivity index (χ3v) is 8.71. The fourth-order valence-corrected chi connectivity index (χ4v) is 6.34. The quantitative estimate of drug-likeness (QED) is 0.231. The van der Waals surface area contributed by atoms with Gasteiger partial charge in [-0.15, -0.1) is 0 Å². The molecule has 1 aromatic heterocycles. The van der Waals surface area contributed by atoms with Crippen LogP contribution in [0, 0.1) is 5.92 Å². The van der Waals surface area contributed by atoms with E-state index >= 15 is 0 Å². The molecule has 0 spiro atoms. The maximum atomic E-state index is 13.9. The van der Waals surface area contributed by atoms with Gasteiger partial charge in [-0.3, -0.25) is 14.5 Å². The average molecular weight is 601 g/mol. The Kier molecular flexibility index (Phi) is 10.9. The standard InChI is InChI=1S/C32H49N5O6/c1-7-8-14-35(15-9-10-17-37(3,4)5)29(38)21-36-20-24(23-18-26(41-6)31-27(19-23)42-22-43-31)30(32(39)40)25(36)11-12-28-33-13-16-34(28)2/h13,16,18-19,24-25,30H,7-12,14-15,17,20-22H2,1-6H3/p+1/t24-,25+,30?/m1/s1. The fraction of sp³-hybridized carbons (Fsp3) is 0.656. The maximum absolute atomic E-state index is 13.9. The van der Waals surface area contributed by atoms with E-state index in [1.807, 2.05) is 34.8 Å². The molecule has 0 bridgehead atoms. The van der Waals surface area contributed by atoms with Crippen molar-refractivity contribution >= 4 is 11.9 Å². The van der Waals surface area contributed by atoms with Gasteiger partial charge in [-0.05, 0) is 43.4 Å². The topological polar surface area (TPSA) is 106 Å². The summed E-state index contributed by atoms with van der Waals surface area (Å²) in [5.74, 6) is 0.626. The lowest BCUT2D eigenvalue weighted by Gasteiger charge is -2.30. The number of carboxylic acid groups (broad SMARTS) is 1. The van der Waals surface area contributed by atoms with Crippen molar-refractivity contribution in [3.8, 4) is 17.2 Å². The van der Waals surface area contributed by atoms with Crippen LogP contribution in [0.1, 0.15) is 56.3 Å². The lowest BCUT2D eigenvalue weighted by atomic mass is 9.83. The van der Waals surface area contributed by atoms with Gasteiger partial charge in [0.15, 0.2) is 11.5 Å². The Morgan fingerprint density at radius 1 is 1.16 bits per heavy atom. The molecule has 4 rings (SSSR count). The van der Waals surface area contributed by atoms with Crippen molar-refractivity contribution in [1.29, 1.82) is 0 Å². The van der Waals surface area contributed by atoms with Gasteiger partial charge < -0.3 is 33.3 Å². The van der Waals surface area contributed by atoms with Crippen molar-refractivity contribution in [1.82, 2.24) is 19.4 Å². The molecule has 0 saturated carbocycles. The molecule has 1 unspecified atom stereocenters. The summed E-state index contributed by atoms with van der Waals surface area (Å²) in [6.07, 6.45) is 8.79. The van der Waals surface area contributed by atoms with Gasteiger partial charge in [-0.1, -0.05) is 13.3 Å². The number of unbranched alkanes of at least 4 members (excludes halogenated alkanes) is 2. The summed E-state index contributed by atoms with van der Waals surface area (Å²) in [6, 6.07) is 3.38. The van der Waals surface area contributed by atoms with E-state index in [0.717, 1.165) is 61.2 Å². The number of amides is 1. The number of quaternary nitrogens is 1. The second-order valence-corrected chi connectivity index (χ2v) is 12.9. The average Bonchev–Trinajstić information content (AvgIpc) is 3.68. The molecule has 43 heavy (non-hydrogen) atoms. The molecule has 11 nitrogen and oxygen atoms in total. The van der Waals surface area contributed by atoms with Gasteiger partial charge >= 0.3 is 5.97 Å². The Morgan fingerprint density at radius 2 is 1.93 bits per heavy atom. The van der Waals surface area contributed by atoms with Crippen molar-refractivity contribution in [2.45, 2.75) is 57.4 Å². The van der Waals surface area contributed by atoms with Crippen molar-refractivity contribution in [3.63, 3.8) is 0 Å². The summed E-state index contributed by atoms with van der Waals surface area (Å²) in [7, 11) is 10.1. The molecule has 0 radical (unpaired) electrons. The smallest absolute Gasteiger partial charge is 0.308 e. The number of hydrogen-bond donors (Lipinski definition) is 1. The van der Waals surface area contributed by atoms with Crippen LogP contribution in [0.3, 0.4) is 0 Å². The highest BCUT2D eigenvalue weighted by molar-refractivity contribution is 5.79. The fourth-order valence-electron chi connectivity index (χ4n) is 6.34. The molecule has 2 aromatic rings. The molecule has 1 fully saturated rings. The molecular weight excluding hydrogens is 550 g/mol. The van der Waals surface area contributed by atoms with Crippen LogP contribution in [-0.4, -0.2) is 115 Å². The molecule has 2 aliphatic rings. The van der Waals surface area contributed by atoms with Gasteiger partial charge in [0.1, 0.15) is 5.82 Å². The molecule has 1 aromatic carbocycles. The largest absolute Gasteiger partial charge is 0.493 e. The number of nitrogens with zero attached hydrogens (tertiary/aromatic N) is 5. The zero-order chi connectivity index (χ0) is 31.1.